The van der Waals surface area contributed by atoms with E-state index in [1.54, 1.807) is 42.5 Å². The van der Waals surface area contributed by atoms with E-state index in [4.69, 9.17) is 23.2 Å². The monoisotopic (exact) mass is 457 g/mol. The van der Waals surface area contributed by atoms with Gasteiger partial charge in [0, 0.05) is 28.9 Å². The maximum atomic E-state index is 12.9. The largest absolute Gasteiger partial charge is 0.350 e. The topological polar surface area (TPSA) is 69.7 Å². The van der Waals surface area contributed by atoms with Gasteiger partial charge in [-0.15, -0.1) is 0 Å². The zero-order chi connectivity index (χ0) is 22.1. The zero-order valence-corrected chi connectivity index (χ0v) is 18.4. The predicted molar refractivity (Wildman–Crippen MR) is 121 cm³/mol. The van der Waals surface area contributed by atoms with Gasteiger partial charge in [-0.25, -0.2) is 4.90 Å². The van der Waals surface area contributed by atoms with Crippen LogP contribution in [0.2, 0.25) is 5.02 Å². The summed E-state index contributed by atoms with van der Waals surface area (Å²) in [6.45, 7) is 2.83. The van der Waals surface area contributed by atoms with Crippen molar-refractivity contribution in [3.63, 3.8) is 0 Å². The smallest absolute Gasteiger partial charge is 0.283 e. The van der Waals surface area contributed by atoms with Gasteiger partial charge in [0.25, 0.3) is 17.7 Å². The lowest BCUT2D eigenvalue weighted by Gasteiger charge is -2.33. The van der Waals surface area contributed by atoms with Crippen LogP contribution in [0.1, 0.15) is 36.5 Å². The van der Waals surface area contributed by atoms with Crippen LogP contribution in [0.4, 0.5) is 11.4 Å². The van der Waals surface area contributed by atoms with Crippen molar-refractivity contribution >= 4 is 52.3 Å². The number of halogens is 2. The molecule has 160 valence electrons. The number of amides is 3. The van der Waals surface area contributed by atoms with E-state index >= 15 is 0 Å². The van der Waals surface area contributed by atoms with E-state index < -0.39 is 11.8 Å². The molecule has 1 atom stereocenters. The van der Waals surface area contributed by atoms with Crippen molar-refractivity contribution in [2.45, 2.75) is 32.2 Å². The molecule has 2 aliphatic heterocycles. The van der Waals surface area contributed by atoms with Gasteiger partial charge in [-0.2, -0.15) is 0 Å². The van der Waals surface area contributed by atoms with Crippen LogP contribution >= 0.6 is 23.2 Å². The Hall–Kier alpha value is -2.83. The average Bonchev–Trinajstić information content (AvgIpc) is 2.97. The molecule has 0 saturated carbocycles. The van der Waals surface area contributed by atoms with E-state index in [1.807, 2.05) is 4.90 Å². The Labute approximate surface area is 190 Å². The van der Waals surface area contributed by atoms with Gasteiger partial charge in [-0.3, -0.25) is 14.4 Å². The van der Waals surface area contributed by atoms with Gasteiger partial charge in [0.05, 0.1) is 5.69 Å². The van der Waals surface area contributed by atoms with Gasteiger partial charge >= 0.3 is 0 Å². The van der Waals surface area contributed by atoms with Gasteiger partial charge < -0.3 is 10.2 Å². The van der Waals surface area contributed by atoms with E-state index in [2.05, 4.69) is 12.2 Å². The van der Waals surface area contributed by atoms with Gasteiger partial charge in [0.1, 0.15) is 10.7 Å². The summed E-state index contributed by atoms with van der Waals surface area (Å²) in [6, 6.07) is 13.4. The van der Waals surface area contributed by atoms with Gasteiger partial charge in [-0.1, -0.05) is 29.3 Å². The van der Waals surface area contributed by atoms with Crippen LogP contribution in [-0.4, -0.2) is 35.2 Å². The Morgan fingerprint density at radius 2 is 1.77 bits per heavy atom. The van der Waals surface area contributed by atoms with Crippen LogP contribution in [-0.2, 0) is 9.59 Å². The fraction of sp³-hybridized carbons (Fsp3) is 0.261. The molecule has 1 N–H and O–H groups in total. The number of carbonyl (C=O) groups excluding carboxylic acids is 3. The number of nitrogens with zero attached hydrogens (tertiary/aromatic N) is 2. The highest BCUT2D eigenvalue weighted by Gasteiger charge is 2.39. The highest BCUT2D eigenvalue weighted by atomic mass is 35.5. The molecule has 0 bridgehead atoms. The summed E-state index contributed by atoms with van der Waals surface area (Å²) in [5.41, 5.74) is 1.45. The Balaban J connectivity index is 1.50. The molecule has 2 aromatic carbocycles. The van der Waals surface area contributed by atoms with E-state index in [1.165, 1.54) is 6.07 Å². The van der Waals surface area contributed by atoms with Crippen LogP contribution in [0.15, 0.2) is 59.3 Å². The second-order valence-electron chi connectivity index (χ2n) is 7.66. The first-order valence-corrected chi connectivity index (χ1v) is 10.8. The maximum Gasteiger partial charge on any atom is 0.283 e. The molecule has 4 rings (SSSR count). The first kappa shape index (κ1) is 21.4. The number of likely N-dealkylation sites (tertiary alicyclic amines) is 1. The highest BCUT2D eigenvalue weighted by Crippen LogP contribution is 2.31. The second kappa shape index (κ2) is 8.73. The number of benzene rings is 2. The molecular formula is C23H21Cl2N3O3. The second-order valence-corrected chi connectivity index (χ2v) is 8.47. The van der Waals surface area contributed by atoms with Crippen LogP contribution in [0.3, 0.4) is 0 Å². The normalized spacial score (nSPS) is 19.3. The fourth-order valence-corrected chi connectivity index (χ4v) is 4.26. The minimum absolute atomic E-state index is 0.00440. The SMILES string of the molecule is CC1CCCCN1C(=O)c1ccc(NC2=C(Cl)C(=O)N(c3cccc(Cl)c3)C2=O)cc1. The molecule has 0 radical (unpaired) electrons. The van der Waals surface area contributed by atoms with Crippen LogP contribution in [0.25, 0.3) is 0 Å². The number of anilines is 2. The molecule has 1 saturated heterocycles. The minimum Gasteiger partial charge on any atom is -0.350 e. The average molecular weight is 458 g/mol. The lowest BCUT2D eigenvalue weighted by Crippen LogP contribution is -2.42. The Kier molecular flexibility index (Phi) is 6.03. The molecule has 2 aliphatic rings. The highest BCUT2D eigenvalue weighted by molar-refractivity contribution is 6.53. The van der Waals surface area contributed by atoms with Crippen molar-refractivity contribution < 1.29 is 14.4 Å². The summed E-state index contributed by atoms with van der Waals surface area (Å²) in [5.74, 6) is -1.20. The van der Waals surface area contributed by atoms with Crippen molar-refractivity contribution in [2.24, 2.45) is 0 Å². The predicted octanol–water partition coefficient (Wildman–Crippen LogP) is 4.79. The van der Waals surface area contributed by atoms with Crippen molar-refractivity contribution in [3.05, 3.63) is 69.8 Å². The lowest BCUT2D eigenvalue weighted by molar-refractivity contribution is -0.120. The third-order valence-corrected chi connectivity index (χ3v) is 6.14. The molecule has 1 unspecified atom stereocenters. The molecule has 31 heavy (non-hydrogen) atoms. The number of rotatable bonds is 4. The van der Waals surface area contributed by atoms with Crippen LogP contribution < -0.4 is 10.2 Å². The third-order valence-electron chi connectivity index (χ3n) is 5.56. The van der Waals surface area contributed by atoms with E-state index in [0.29, 0.717) is 22.0 Å². The number of hydrogen-bond acceptors (Lipinski definition) is 4. The number of nitrogens with one attached hydrogen (secondary N) is 1. The fourth-order valence-electron chi connectivity index (χ4n) is 3.87. The Morgan fingerprint density at radius 1 is 1.03 bits per heavy atom. The summed E-state index contributed by atoms with van der Waals surface area (Å²) in [5, 5.41) is 3.12. The summed E-state index contributed by atoms with van der Waals surface area (Å²) in [7, 11) is 0. The Bertz CT molecular complexity index is 1080. The molecular weight excluding hydrogens is 437 g/mol. The minimum atomic E-state index is -0.623. The maximum absolute atomic E-state index is 12.9. The van der Waals surface area contributed by atoms with Crippen LogP contribution in [0, 0.1) is 0 Å². The van der Waals surface area contributed by atoms with Crippen molar-refractivity contribution in [2.75, 3.05) is 16.8 Å². The molecule has 0 aromatic heterocycles. The molecule has 2 aromatic rings. The zero-order valence-electron chi connectivity index (χ0n) is 16.9. The Morgan fingerprint density at radius 3 is 2.45 bits per heavy atom. The van der Waals surface area contributed by atoms with Gasteiger partial charge in [0.2, 0.25) is 0 Å². The number of piperidine rings is 1. The summed E-state index contributed by atoms with van der Waals surface area (Å²) in [4.78, 5) is 41.1. The first-order chi connectivity index (χ1) is 14.9. The molecule has 2 heterocycles. The molecule has 3 amide bonds. The van der Waals surface area contributed by atoms with Crippen molar-refractivity contribution in [3.8, 4) is 0 Å². The first-order valence-electron chi connectivity index (χ1n) is 10.1. The summed E-state index contributed by atoms with van der Waals surface area (Å²) >= 11 is 12.2. The third kappa shape index (κ3) is 4.18. The number of hydrogen-bond donors (Lipinski definition) is 1. The van der Waals surface area contributed by atoms with Crippen LogP contribution in [0.5, 0.6) is 0 Å². The standard InChI is InChI=1S/C23H21Cl2N3O3/c1-14-5-2-3-12-27(14)21(29)15-8-10-17(11-9-15)26-20-19(25)22(30)28(23(20)31)18-7-4-6-16(24)13-18/h4,6-11,13-14,26H,2-3,5,12H2,1H3. The van der Waals surface area contributed by atoms with Gasteiger partial charge in [-0.05, 0) is 68.7 Å². The number of carbonyl (C=O) groups is 3. The van der Waals surface area contributed by atoms with Crippen molar-refractivity contribution in [1.82, 2.24) is 4.90 Å². The van der Waals surface area contributed by atoms with Gasteiger partial charge in [0.15, 0.2) is 0 Å². The number of imide groups is 1. The van der Waals surface area contributed by atoms with E-state index in [0.717, 1.165) is 30.7 Å². The van der Waals surface area contributed by atoms with Crippen molar-refractivity contribution in [1.29, 1.82) is 0 Å². The summed E-state index contributed by atoms with van der Waals surface area (Å²) in [6.07, 6.45) is 3.17. The molecule has 6 nitrogen and oxygen atoms in total. The molecule has 1 fully saturated rings. The lowest BCUT2D eigenvalue weighted by atomic mass is 10.0. The summed E-state index contributed by atoms with van der Waals surface area (Å²) < 4.78 is 0. The van der Waals surface area contributed by atoms with E-state index in [9.17, 15) is 14.4 Å². The molecule has 0 aliphatic carbocycles. The quantitative estimate of drug-likeness (QED) is 0.669. The molecule has 0 spiro atoms. The van der Waals surface area contributed by atoms with E-state index in [-0.39, 0.29) is 22.7 Å². The molecule has 8 heteroatoms.